The molecule has 0 aromatic carbocycles. The highest BCUT2D eigenvalue weighted by Gasteiger charge is 2.12. The lowest BCUT2D eigenvalue weighted by atomic mass is 10.2. The first kappa shape index (κ1) is 12.3. The van der Waals surface area contributed by atoms with Crippen LogP contribution in [0, 0.1) is 6.92 Å². The highest BCUT2D eigenvalue weighted by Crippen LogP contribution is 2.19. The van der Waals surface area contributed by atoms with Gasteiger partial charge in [-0.1, -0.05) is 11.6 Å². The summed E-state index contributed by atoms with van der Waals surface area (Å²) < 4.78 is 5.00. The van der Waals surface area contributed by atoms with Gasteiger partial charge in [0, 0.05) is 6.20 Å². The number of hydrogen-bond acceptors (Lipinski definition) is 6. The highest BCUT2D eigenvalue weighted by molar-refractivity contribution is 6.33. The zero-order valence-electron chi connectivity index (χ0n) is 9.40. The maximum Gasteiger partial charge on any atom is 0.301 e. The smallest absolute Gasteiger partial charge is 0.301 e. The minimum absolute atomic E-state index is 0.120. The van der Waals surface area contributed by atoms with Gasteiger partial charge in [-0.15, -0.1) is 0 Å². The Hall–Kier alpha value is -2.12. The number of hydrazine groups is 1. The lowest BCUT2D eigenvalue weighted by Crippen LogP contribution is -2.14. The predicted molar refractivity (Wildman–Crippen MR) is 66.3 cm³/mol. The number of oxazole rings is 1. The summed E-state index contributed by atoms with van der Waals surface area (Å²) in [4.78, 5) is 19.6. The number of anilines is 2. The van der Waals surface area contributed by atoms with Crippen LogP contribution in [0.1, 0.15) is 16.1 Å². The third-order valence-electron chi connectivity index (χ3n) is 2.08. The largest absolute Gasteiger partial charge is 0.432 e. The summed E-state index contributed by atoms with van der Waals surface area (Å²) in [5.74, 6) is 5.05. The van der Waals surface area contributed by atoms with E-state index in [1.807, 2.05) is 0 Å². The molecule has 2 heterocycles. The van der Waals surface area contributed by atoms with Crippen molar-refractivity contribution in [2.45, 2.75) is 6.92 Å². The number of rotatable bonds is 3. The van der Waals surface area contributed by atoms with E-state index in [4.69, 9.17) is 21.9 Å². The SMILES string of the molecule is Cc1coc(NC(=O)c2cnc(NN)c(Cl)c2)n1. The molecule has 2 aromatic heterocycles. The Balaban J connectivity index is 2.16. The van der Waals surface area contributed by atoms with E-state index in [0.717, 1.165) is 0 Å². The molecular formula is C10H10ClN5O2. The number of carbonyl (C=O) groups excluding carboxylic acids is 1. The summed E-state index contributed by atoms with van der Waals surface area (Å²) in [7, 11) is 0. The van der Waals surface area contributed by atoms with Crippen LogP contribution in [0.2, 0.25) is 5.02 Å². The number of nitrogens with one attached hydrogen (secondary N) is 2. The fraction of sp³-hybridized carbons (Fsp3) is 0.100. The zero-order valence-corrected chi connectivity index (χ0v) is 10.2. The van der Waals surface area contributed by atoms with Gasteiger partial charge < -0.3 is 9.84 Å². The van der Waals surface area contributed by atoms with Gasteiger partial charge in [-0.3, -0.25) is 10.1 Å². The number of nitrogen functional groups attached to an aromatic ring is 1. The number of nitrogens with zero attached hydrogens (tertiary/aromatic N) is 2. The van der Waals surface area contributed by atoms with Crippen LogP contribution in [0.5, 0.6) is 0 Å². The van der Waals surface area contributed by atoms with Crippen molar-refractivity contribution < 1.29 is 9.21 Å². The average Bonchev–Trinajstić information content (AvgIpc) is 2.74. The molecule has 0 atom stereocenters. The first-order chi connectivity index (χ1) is 8.60. The maximum absolute atomic E-state index is 11.8. The van der Waals surface area contributed by atoms with Crippen molar-refractivity contribution in [3.05, 3.63) is 34.8 Å². The van der Waals surface area contributed by atoms with Crippen LogP contribution in [0.4, 0.5) is 11.8 Å². The van der Waals surface area contributed by atoms with Crippen molar-refractivity contribution in [3.63, 3.8) is 0 Å². The van der Waals surface area contributed by atoms with Crippen LogP contribution in [-0.2, 0) is 0 Å². The Labute approximate surface area is 107 Å². The van der Waals surface area contributed by atoms with Gasteiger partial charge in [0.05, 0.1) is 16.3 Å². The van der Waals surface area contributed by atoms with E-state index in [1.54, 1.807) is 6.92 Å². The normalized spacial score (nSPS) is 10.2. The van der Waals surface area contributed by atoms with Crippen molar-refractivity contribution in [1.82, 2.24) is 9.97 Å². The molecule has 2 rings (SSSR count). The molecule has 8 heteroatoms. The molecule has 2 aromatic rings. The quantitative estimate of drug-likeness (QED) is 0.576. The van der Waals surface area contributed by atoms with E-state index in [1.165, 1.54) is 18.5 Å². The second-order valence-electron chi connectivity index (χ2n) is 3.45. The molecule has 0 spiro atoms. The molecular weight excluding hydrogens is 258 g/mol. The molecule has 4 N–H and O–H groups in total. The molecule has 0 saturated carbocycles. The number of hydrogen-bond donors (Lipinski definition) is 3. The van der Waals surface area contributed by atoms with Gasteiger partial charge in [0.2, 0.25) is 0 Å². The van der Waals surface area contributed by atoms with Crippen LogP contribution >= 0.6 is 11.6 Å². The second kappa shape index (κ2) is 5.03. The van der Waals surface area contributed by atoms with E-state index in [0.29, 0.717) is 11.5 Å². The number of nitrogens with two attached hydrogens (primary N) is 1. The summed E-state index contributed by atoms with van der Waals surface area (Å²) in [5, 5.41) is 2.72. The van der Waals surface area contributed by atoms with Crippen LogP contribution in [0.3, 0.4) is 0 Å². The van der Waals surface area contributed by atoms with Gasteiger partial charge in [-0.05, 0) is 13.0 Å². The third kappa shape index (κ3) is 2.58. The fourth-order valence-electron chi connectivity index (χ4n) is 1.25. The number of amides is 1. The monoisotopic (exact) mass is 267 g/mol. The van der Waals surface area contributed by atoms with Crippen LogP contribution in [0.25, 0.3) is 0 Å². The molecule has 0 aliphatic rings. The average molecular weight is 268 g/mol. The molecule has 0 aliphatic carbocycles. The number of halogens is 1. The van der Waals surface area contributed by atoms with E-state index in [-0.39, 0.29) is 16.6 Å². The standard InChI is InChI=1S/C10H10ClN5O2/c1-5-4-18-10(14-5)15-9(17)6-2-7(11)8(16-12)13-3-6/h2-4H,12H2,1H3,(H,13,16)(H,14,15,17). The van der Waals surface area contributed by atoms with Crippen LogP contribution in [0.15, 0.2) is 22.9 Å². The zero-order chi connectivity index (χ0) is 13.1. The summed E-state index contributed by atoms with van der Waals surface area (Å²) >= 11 is 5.86. The molecule has 1 amide bonds. The second-order valence-corrected chi connectivity index (χ2v) is 3.85. The molecule has 0 aliphatic heterocycles. The summed E-state index contributed by atoms with van der Waals surface area (Å²) in [6, 6.07) is 1.56. The predicted octanol–water partition coefficient (Wildman–Crippen LogP) is 1.57. The fourth-order valence-corrected chi connectivity index (χ4v) is 1.47. The molecule has 7 nitrogen and oxygen atoms in total. The van der Waals surface area contributed by atoms with Crippen molar-refractivity contribution in [2.24, 2.45) is 5.84 Å². The number of aromatic nitrogens is 2. The Bertz CT molecular complexity index is 583. The minimum Gasteiger partial charge on any atom is -0.432 e. The lowest BCUT2D eigenvalue weighted by molar-refractivity contribution is 0.102. The topological polar surface area (TPSA) is 106 Å². The van der Waals surface area contributed by atoms with Gasteiger partial charge in [0.1, 0.15) is 6.26 Å². The molecule has 94 valence electrons. The van der Waals surface area contributed by atoms with Crippen molar-refractivity contribution in [3.8, 4) is 0 Å². The lowest BCUT2D eigenvalue weighted by Gasteiger charge is -2.04. The molecule has 0 saturated heterocycles. The summed E-state index contributed by atoms with van der Waals surface area (Å²) in [6.07, 6.45) is 2.77. The van der Waals surface area contributed by atoms with E-state index in [9.17, 15) is 4.79 Å². The maximum atomic E-state index is 11.8. The van der Waals surface area contributed by atoms with E-state index in [2.05, 4.69) is 20.7 Å². The minimum atomic E-state index is -0.421. The van der Waals surface area contributed by atoms with Crippen molar-refractivity contribution in [2.75, 3.05) is 10.7 Å². The number of carbonyl (C=O) groups is 1. The first-order valence-corrected chi connectivity index (χ1v) is 5.33. The molecule has 18 heavy (non-hydrogen) atoms. The number of aryl methyl sites for hydroxylation is 1. The van der Waals surface area contributed by atoms with E-state index < -0.39 is 5.91 Å². The van der Waals surface area contributed by atoms with Gasteiger partial charge in [0.25, 0.3) is 5.91 Å². The Morgan fingerprint density at radius 1 is 1.56 bits per heavy atom. The molecule has 0 fully saturated rings. The molecule has 0 unspecified atom stereocenters. The number of pyridine rings is 1. The Kier molecular flexibility index (Phi) is 3.45. The summed E-state index contributed by atoms with van der Waals surface area (Å²) in [5.41, 5.74) is 3.25. The molecule has 0 radical (unpaired) electrons. The first-order valence-electron chi connectivity index (χ1n) is 4.96. The van der Waals surface area contributed by atoms with Crippen LogP contribution < -0.4 is 16.6 Å². The third-order valence-corrected chi connectivity index (χ3v) is 2.37. The van der Waals surface area contributed by atoms with Crippen LogP contribution in [-0.4, -0.2) is 15.9 Å². The highest BCUT2D eigenvalue weighted by atomic mass is 35.5. The molecule has 0 bridgehead atoms. The van der Waals surface area contributed by atoms with Crippen molar-refractivity contribution in [1.29, 1.82) is 0 Å². The van der Waals surface area contributed by atoms with Gasteiger partial charge in [-0.2, -0.15) is 4.98 Å². The Morgan fingerprint density at radius 3 is 2.89 bits per heavy atom. The van der Waals surface area contributed by atoms with E-state index >= 15 is 0 Å². The Morgan fingerprint density at radius 2 is 2.33 bits per heavy atom. The van der Waals surface area contributed by atoms with Gasteiger partial charge >= 0.3 is 6.01 Å². The van der Waals surface area contributed by atoms with Gasteiger partial charge in [0.15, 0.2) is 5.82 Å². The summed E-state index contributed by atoms with van der Waals surface area (Å²) in [6.45, 7) is 1.75. The van der Waals surface area contributed by atoms with Gasteiger partial charge in [-0.25, -0.2) is 10.8 Å². The van der Waals surface area contributed by atoms with Crippen molar-refractivity contribution >= 4 is 29.3 Å².